The first-order chi connectivity index (χ1) is 15.1. The summed E-state index contributed by atoms with van der Waals surface area (Å²) in [5.41, 5.74) is 5.32. The van der Waals surface area contributed by atoms with Gasteiger partial charge >= 0.3 is 0 Å². The first kappa shape index (κ1) is 19.1. The molecule has 1 atom stereocenters. The summed E-state index contributed by atoms with van der Waals surface area (Å²) >= 11 is 0. The van der Waals surface area contributed by atoms with Gasteiger partial charge in [-0.1, -0.05) is 30.3 Å². The van der Waals surface area contributed by atoms with Crippen LogP contribution in [-0.4, -0.2) is 27.7 Å². The lowest BCUT2D eigenvalue weighted by Gasteiger charge is -2.16. The number of amides is 2. The van der Waals surface area contributed by atoms with Gasteiger partial charge in [0.2, 0.25) is 11.8 Å². The molecule has 154 valence electrons. The van der Waals surface area contributed by atoms with E-state index in [-0.39, 0.29) is 24.2 Å². The lowest BCUT2D eigenvalue weighted by Crippen LogP contribution is -2.28. The molecule has 0 aliphatic carbocycles. The fraction of sp³-hybridized carbons (Fsp3) is 0.160. The highest BCUT2D eigenvalue weighted by Gasteiger charge is 2.35. The van der Waals surface area contributed by atoms with Crippen molar-refractivity contribution in [2.75, 3.05) is 16.8 Å². The third-order valence-corrected chi connectivity index (χ3v) is 5.61. The number of rotatable bonds is 4. The summed E-state index contributed by atoms with van der Waals surface area (Å²) in [7, 11) is 0. The lowest BCUT2D eigenvalue weighted by atomic mass is 10.1. The molecule has 6 nitrogen and oxygen atoms in total. The van der Waals surface area contributed by atoms with E-state index in [2.05, 4.69) is 5.32 Å². The van der Waals surface area contributed by atoms with Crippen LogP contribution >= 0.6 is 0 Å². The molecule has 0 bridgehead atoms. The number of benzene rings is 2. The van der Waals surface area contributed by atoms with Gasteiger partial charge in [-0.25, -0.2) is 4.98 Å². The Bertz CT molecular complexity index is 1280. The molecule has 1 aliphatic rings. The van der Waals surface area contributed by atoms with Gasteiger partial charge in [0.15, 0.2) is 0 Å². The van der Waals surface area contributed by atoms with Gasteiger partial charge in [-0.2, -0.15) is 0 Å². The Morgan fingerprint density at radius 3 is 2.74 bits per heavy atom. The molecule has 0 unspecified atom stereocenters. The minimum Gasteiger partial charge on any atom is -0.326 e. The van der Waals surface area contributed by atoms with Gasteiger partial charge in [0.05, 0.1) is 11.6 Å². The summed E-state index contributed by atoms with van der Waals surface area (Å²) < 4.78 is 1.98. The quantitative estimate of drug-likeness (QED) is 0.545. The van der Waals surface area contributed by atoms with E-state index in [0.29, 0.717) is 12.2 Å². The van der Waals surface area contributed by atoms with Crippen molar-refractivity contribution in [3.05, 3.63) is 84.7 Å². The Balaban J connectivity index is 1.32. The zero-order valence-electron chi connectivity index (χ0n) is 17.2. The zero-order chi connectivity index (χ0) is 21.4. The van der Waals surface area contributed by atoms with Crippen molar-refractivity contribution in [3.8, 4) is 11.3 Å². The average molecular weight is 410 g/mol. The zero-order valence-corrected chi connectivity index (χ0v) is 17.2. The minimum atomic E-state index is -0.380. The number of carbonyl (C=O) groups excluding carboxylic acids is 2. The molecule has 2 aromatic heterocycles. The van der Waals surface area contributed by atoms with Gasteiger partial charge < -0.3 is 14.6 Å². The van der Waals surface area contributed by atoms with E-state index < -0.39 is 0 Å². The SMILES string of the molecule is Cc1ccn2cc(-c3cccc(NC(=O)[C@H]4CC(=O)N(c5ccccc5)C4)c3)nc2c1. The number of imidazole rings is 1. The third kappa shape index (κ3) is 3.80. The number of nitrogens with zero attached hydrogens (tertiary/aromatic N) is 3. The Hall–Kier alpha value is -3.93. The van der Waals surface area contributed by atoms with E-state index in [0.717, 1.165) is 28.2 Å². The molecule has 1 N–H and O–H groups in total. The third-order valence-electron chi connectivity index (χ3n) is 5.61. The fourth-order valence-electron chi connectivity index (χ4n) is 3.96. The molecule has 5 rings (SSSR count). The molecular formula is C25H22N4O2. The highest BCUT2D eigenvalue weighted by atomic mass is 16.2. The maximum absolute atomic E-state index is 12.9. The summed E-state index contributed by atoms with van der Waals surface area (Å²) in [6.45, 7) is 2.43. The first-order valence-corrected chi connectivity index (χ1v) is 10.3. The summed E-state index contributed by atoms with van der Waals surface area (Å²) in [5, 5.41) is 2.98. The number of aromatic nitrogens is 2. The molecule has 6 heteroatoms. The van der Waals surface area contributed by atoms with Crippen molar-refractivity contribution in [1.29, 1.82) is 0 Å². The number of hydrogen-bond acceptors (Lipinski definition) is 3. The molecule has 4 aromatic rings. The maximum Gasteiger partial charge on any atom is 0.229 e. The second-order valence-corrected chi connectivity index (χ2v) is 7.91. The van der Waals surface area contributed by atoms with Crippen LogP contribution < -0.4 is 10.2 Å². The predicted molar refractivity (Wildman–Crippen MR) is 121 cm³/mol. The number of fused-ring (bicyclic) bond motifs is 1. The van der Waals surface area contributed by atoms with E-state index in [4.69, 9.17) is 4.98 Å². The molecule has 0 radical (unpaired) electrons. The highest BCUT2D eigenvalue weighted by molar-refractivity contribution is 6.03. The molecule has 31 heavy (non-hydrogen) atoms. The number of anilines is 2. The highest BCUT2D eigenvalue weighted by Crippen LogP contribution is 2.27. The van der Waals surface area contributed by atoms with Gasteiger partial charge in [0.25, 0.3) is 0 Å². The minimum absolute atomic E-state index is 0.0277. The van der Waals surface area contributed by atoms with Crippen molar-refractivity contribution < 1.29 is 9.59 Å². The summed E-state index contributed by atoms with van der Waals surface area (Å²) in [6, 6.07) is 21.2. The van der Waals surface area contributed by atoms with Crippen LogP contribution in [-0.2, 0) is 9.59 Å². The smallest absolute Gasteiger partial charge is 0.229 e. The largest absolute Gasteiger partial charge is 0.326 e. The second-order valence-electron chi connectivity index (χ2n) is 7.91. The topological polar surface area (TPSA) is 66.7 Å². The summed E-state index contributed by atoms with van der Waals surface area (Å²) in [4.78, 5) is 31.7. The van der Waals surface area contributed by atoms with Crippen LogP contribution in [0.2, 0.25) is 0 Å². The van der Waals surface area contributed by atoms with Gasteiger partial charge in [0, 0.05) is 42.3 Å². The molecule has 2 amide bonds. The maximum atomic E-state index is 12.9. The number of aryl methyl sites for hydroxylation is 1. The predicted octanol–water partition coefficient (Wildman–Crippen LogP) is 4.30. The van der Waals surface area contributed by atoms with Crippen LogP contribution in [0.5, 0.6) is 0 Å². The van der Waals surface area contributed by atoms with Gasteiger partial charge in [-0.15, -0.1) is 0 Å². The van der Waals surface area contributed by atoms with Crippen LogP contribution in [0.1, 0.15) is 12.0 Å². The van der Waals surface area contributed by atoms with Crippen LogP contribution in [0.25, 0.3) is 16.9 Å². The van der Waals surface area contributed by atoms with Crippen LogP contribution in [0, 0.1) is 12.8 Å². The Morgan fingerprint density at radius 1 is 1.06 bits per heavy atom. The van der Waals surface area contributed by atoms with Crippen molar-refractivity contribution in [1.82, 2.24) is 9.38 Å². The van der Waals surface area contributed by atoms with Gasteiger partial charge in [-0.3, -0.25) is 9.59 Å². The lowest BCUT2D eigenvalue weighted by molar-refractivity contribution is -0.122. The monoisotopic (exact) mass is 410 g/mol. The van der Waals surface area contributed by atoms with E-state index in [1.807, 2.05) is 90.4 Å². The van der Waals surface area contributed by atoms with E-state index in [1.165, 1.54) is 0 Å². The summed E-state index contributed by atoms with van der Waals surface area (Å²) in [5.74, 6) is -0.552. The molecule has 2 aromatic carbocycles. The normalized spacial score (nSPS) is 16.1. The number of pyridine rings is 1. The van der Waals surface area contributed by atoms with Crippen LogP contribution in [0.4, 0.5) is 11.4 Å². The molecule has 0 saturated carbocycles. The molecular weight excluding hydrogens is 388 g/mol. The van der Waals surface area contributed by atoms with Gasteiger partial charge in [-0.05, 0) is 48.9 Å². The van der Waals surface area contributed by atoms with Crippen molar-refractivity contribution in [3.63, 3.8) is 0 Å². The van der Waals surface area contributed by atoms with E-state index >= 15 is 0 Å². The standard InChI is InChI=1S/C25H22N4O2/c1-17-10-11-28-16-22(27-23(28)12-17)18-6-5-7-20(13-18)26-25(31)19-14-24(30)29(15-19)21-8-3-2-4-9-21/h2-13,16,19H,14-15H2,1H3,(H,26,31)/t19-/m0/s1. The first-order valence-electron chi connectivity index (χ1n) is 10.3. The Kier molecular flexibility index (Phi) is 4.75. The molecule has 1 aliphatic heterocycles. The second kappa shape index (κ2) is 7.72. The Labute approximate surface area is 180 Å². The molecule has 1 fully saturated rings. The number of para-hydroxylation sites is 1. The molecule has 0 spiro atoms. The van der Waals surface area contributed by atoms with Crippen LogP contribution in [0.15, 0.2) is 79.1 Å². The van der Waals surface area contributed by atoms with E-state index in [1.54, 1.807) is 4.90 Å². The fourth-order valence-corrected chi connectivity index (χ4v) is 3.96. The van der Waals surface area contributed by atoms with Crippen LogP contribution in [0.3, 0.4) is 0 Å². The average Bonchev–Trinajstić information content (AvgIpc) is 3.38. The van der Waals surface area contributed by atoms with Crippen molar-refractivity contribution in [2.45, 2.75) is 13.3 Å². The van der Waals surface area contributed by atoms with E-state index in [9.17, 15) is 9.59 Å². The number of nitrogens with one attached hydrogen (secondary N) is 1. The molecule has 1 saturated heterocycles. The van der Waals surface area contributed by atoms with Crippen molar-refractivity contribution in [2.24, 2.45) is 5.92 Å². The summed E-state index contributed by atoms with van der Waals surface area (Å²) in [6.07, 6.45) is 4.18. The number of hydrogen-bond donors (Lipinski definition) is 1. The molecule has 3 heterocycles. The number of carbonyl (C=O) groups is 2. The Morgan fingerprint density at radius 2 is 1.90 bits per heavy atom. The van der Waals surface area contributed by atoms with Gasteiger partial charge in [0.1, 0.15) is 5.65 Å². The van der Waals surface area contributed by atoms with Crippen molar-refractivity contribution >= 4 is 28.8 Å².